The van der Waals surface area contributed by atoms with Crippen LogP contribution in [0.25, 0.3) is 0 Å². The van der Waals surface area contributed by atoms with Crippen molar-refractivity contribution in [3.8, 4) is 0 Å². The zero-order valence-corrected chi connectivity index (χ0v) is 9.89. The third-order valence-corrected chi connectivity index (χ3v) is 3.80. The number of sulfonamides is 1. The van der Waals surface area contributed by atoms with E-state index in [1.54, 1.807) is 12.3 Å². The molecule has 0 bridgehead atoms. The van der Waals surface area contributed by atoms with Gasteiger partial charge in [-0.3, -0.25) is 4.72 Å². The molecule has 0 saturated heterocycles. The van der Waals surface area contributed by atoms with Gasteiger partial charge in [0.25, 0.3) is 0 Å². The Morgan fingerprint density at radius 1 is 1.73 bits per heavy atom. The number of nitrogens with zero attached hydrogens (tertiary/aromatic N) is 2. The Hall–Kier alpha value is -1.15. The van der Waals surface area contributed by atoms with Crippen LogP contribution in [0.2, 0.25) is 0 Å². The lowest BCUT2D eigenvalue weighted by atomic mass is 10.3. The lowest BCUT2D eigenvalue weighted by Gasteiger charge is -2.00. The summed E-state index contributed by atoms with van der Waals surface area (Å²) in [4.78, 5) is 3.95. The van der Waals surface area contributed by atoms with E-state index < -0.39 is 10.0 Å². The number of hydrogen-bond acceptors (Lipinski definition) is 6. The molecule has 8 heteroatoms. The van der Waals surface area contributed by atoms with Crippen molar-refractivity contribution in [3.05, 3.63) is 11.1 Å². The molecule has 15 heavy (non-hydrogen) atoms. The second-order valence-corrected chi connectivity index (χ2v) is 5.60. The number of aromatic nitrogens is 1. The van der Waals surface area contributed by atoms with Gasteiger partial charge in [-0.05, 0) is 13.8 Å². The summed E-state index contributed by atoms with van der Waals surface area (Å²) >= 11 is 1.14. The molecule has 1 aromatic rings. The van der Waals surface area contributed by atoms with Gasteiger partial charge in [-0.1, -0.05) is 5.16 Å². The Kier molecular flexibility index (Phi) is 3.64. The van der Waals surface area contributed by atoms with Crippen molar-refractivity contribution in [3.63, 3.8) is 0 Å². The summed E-state index contributed by atoms with van der Waals surface area (Å²) in [6.45, 7) is 3.12. The van der Waals surface area contributed by atoms with Gasteiger partial charge < -0.3 is 5.21 Å². The fraction of sp³-hybridized carbons (Fsp3) is 0.429. The molecule has 1 heterocycles. The van der Waals surface area contributed by atoms with E-state index in [1.807, 2.05) is 0 Å². The maximum absolute atomic E-state index is 11.2. The van der Waals surface area contributed by atoms with E-state index in [9.17, 15) is 8.42 Å². The number of rotatable bonds is 4. The molecule has 1 aromatic heterocycles. The summed E-state index contributed by atoms with van der Waals surface area (Å²) in [6, 6.07) is 0. The zero-order valence-electron chi connectivity index (χ0n) is 8.26. The molecular formula is C7H11N3O3S2. The van der Waals surface area contributed by atoms with Crippen LogP contribution in [0.5, 0.6) is 0 Å². The smallest absolute Gasteiger partial charge is 0.234 e. The first kappa shape index (κ1) is 11.9. The van der Waals surface area contributed by atoms with Crippen molar-refractivity contribution in [2.45, 2.75) is 13.8 Å². The minimum atomic E-state index is -3.30. The maximum atomic E-state index is 11.2. The molecule has 0 aliphatic heterocycles. The van der Waals surface area contributed by atoms with Gasteiger partial charge >= 0.3 is 0 Å². The molecule has 0 amide bonds. The number of thiazole rings is 1. The van der Waals surface area contributed by atoms with E-state index in [2.05, 4.69) is 14.9 Å². The van der Waals surface area contributed by atoms with Crippen molar-refractivity contribution < 1.29 is 13.6 Å². The van der Waals surface area contributed by atoms with Gasteiger partial charge in [-0.15, -0.1) is 11.3 Å². The summed E-state index contributed by atoms with van der Waals surface area (Å²) in [5.74, 6) is -0.00498. The SMILES string of the molecule is CCS(=O)(=O)Nc1nc(C(C)=NO)cs1. The molecule has 1 rings (SSSR count). The van der Waals surface area contributed by atoms with E-state index in [0.717, 1.165) is 11.3 Å². The summed E-state index contributed by atoms with van der Waals surface area (Å²) in [5.41, 5.74) is 0.796. The first-order valence-electron chi connectivity index (χ1n) is 4.13. The summed E-state index contributed by atoms with van der Waals surface area (Å²) in [7, 11) is -3.30. The molecule has 2 N–H and O–H groups in total. The van der Waals surface area contributed by atoms with E-state index in [4.69, 9.17) is 5.21 Å². The minimum absolute atomic E-state index is 0.00498. The average molecular weight is 249 g/mol. The predicted molar refractivity (Wildman–Crippen MR) is 59.2 cm³/mol. The monoisotopic (exact) mass is 249 g/mol. The number of oxime groups is 1. The highest BCUT2D eigenvalue weighted by atomic mass is 32.2. The molecule has 0 unspecified atom stereocenters. The van der Waals surface area contributed by atoms with Crippen LogP contribution >= 0.6 is 11.3 Å². The van der Waals surface area contributed by atoms with E-state index in [-0.39, 0.29) is 10.9 Å². The Morgan fingerprint density at radius 2 is 2.40 bits per heavy atom. The highest BCUT2D eigenvalue weighted by Crippen LogP contribution is 2.17. The van der Waals surface area contributed by atoms with Crippen molar-refractivity contribution in [2.75, 3.05) is 10.5 Å². The summed E-state index contributed by atoms with van der Waals surface area (Å²) < 4.78 is 24.7. The maximum Gasteiger partial charge on any atom is 0.234 e. The zero-order chi connectivity index (χ0) is 11.5. The molecule has 0 aliphatic carbocycles. The van der Waals surface area contributed by atoms with Crippen molar-refractivity contribution >= 4 is 32.2 Å². The number of hydrogen-bond donors (Lipinski definition) is 2. The molecule has 0 aromatic carbocycles. The predicted octanol–water partition coefficient (Wildman–Crippen LogP) is 1.10. The lowest BCUT2D eigenvalue weighted by molar-refractivity contribution is 0.319. The van der Waals surface area contributed by atoms with E-state index in [1.165, 1.54) is 6.92 Å². The first-order valence-corrected chi connectivity index (χ1v) is 6.66. The highest BCUT2D eigenvalue weighted by Gasteiger charge is 2.11. The third kappa shape index (κ3) is 3.17. The topological polar surface area (TPSA) is 91.7 Å². The van der Waals surface area contributed by atoms with Crippen LogP contribution in [-0.4, -0.2) is 30.1 Å². The normalized spacial score (nSPS) is 12.8. The Bertz CT molecular complexity index is 464. The summed E-state index contributed by atoms with van der Waals surface area (Å²) in [5, 5.41) is 13.3. The van der Waals surface area contributed by atoms with Gasteiger partial charge in [-0.25, -0.2) is 13.4 Å². The van der Waals surface area contributed by atoms with Gasteiger partial charge in [0.05, 0.1) is 5.75 Å². The van der Waals surface area contributed by atoms with Gasteiger partial charge in [0.1, 0.15) is 11.4 Å². The van der Waals surface area contributed by atoms with Crippen molar-refractivity contribution in [1.29, 1.82) is 0 Å². The quantitative estimate of drug-likeness (QED) is 0.475. The van der Waals surface area contributed by atoms with Gasteiger partial charge in [0, 0.05) is 5.38 Å². The highest BCUT2D eigenvalue weighted by molar-refractivity contribution is 7.92. The van der Waals surface area contributed by atoms with Crippen LogP contribution in [0.15, 0.2) is 10.5 Å². The molecule has 0 spiro atoms. The van der Waals surface area contributed by atoms with Crippen LogP contribution in [0.4, 0.5) is 5.13 Å². The van der Waals surface area contributed by atoms with Gasteiger partial charge in [0.2, 0.25) is 10.0 Å². The standard InChI is InChI=1S/C7H11N3O3S2/c1-3-15(12,13)10-7-8-6(4-14-7)5(2)9-11/h4,11H,3H2,1-2H3,(H,8,10). The second-order valence-electron chi connectivity index (χ2n) is 2.73. The molecule has 0 aliphatic rings. The first-order chi connectivity index (χ1) is 6.98. The lowest BCUT2D eigenvalue weighted by Crippen LogP contribution is -2.14. The Balaban J connectivity index is 2.87. The van der Waals surface area contributed by atoms with Crippen LogP contribution in [0.1, 0.15) is 19.5 Å². The molecule has 0 fully saturated rings. The largest absolute Gasteiger partial charge is 0.411 e. The fourth-order valence-electron chi connectivity index (χ4n) is 0.743. The molecule has 0 radical (unpaired) electrons. The molecular weight excluding hydrogens is 238 g/mol. The molecule has 84 valence electrons. The van der Waals surface area contributed by atoms with Crippen molar-refractivity contribution in [1.82, 2.24) is 4.98 Å². The van der Waals surface area contributed by atoms with Gasteiger partial charge in [0.15, 0.2) is 5.13 Å². The van der Waals surface area contributed by atoms with Crippen LogP contribution < -0.4 is 4.72 Å². The minimum Gasteiger partial charge on any atom is -0.411 e. The fourth-order valence-corrected chi connectivity index (χ4v) is 2.37. The van der Waals surface area contributed by atoms with Crippen LogP contribution in [-0.2, 0) is 10.0 Å². The van der Waals surface area contributed by atoms with E-state index in [0.29, 0.717) is 11.4 Å². The molecule has 6 nitrogen and oxygen atoms in total. The third-order valence-electron chi connectivity index (χ3n) is 1.65. The Morgan fingerprint density at radius 3 is 2.93 bits per heavy atom. The number of nitrogens with one attached hydrogen (secondary N) is 1. The average Bonchev–Trinajstić information content (AvgIpc) is 2.64. The number of anilines is 1. The van der Waals surface area contributed by atoms with Crippen molar-refractivity contribution in [2.24, 2.45) is 5.16 Å². The van der Waals surface area contributed by atoms with Crippen LogP contribution in [0, 0.1) is 0 Å². The molecule has 0 atom stereocenters. The second kappa shape index (κ2) is 4.58. The van der Waals surface area contributed by atoms with E-state index >= 15 is 0 Å². The summed E-state index contributed by atoms with van der Waals surface area (Å²) in [6.07, 6.45) is 0. The Labute approximate surface area is 91.7 Å². The van der Waals surface area contributed by atoms with Gasteiger partial charge in [-0.2, -0.15) is 0 Å². The van der Waals surface area contributed by atoms with Crippen LogP contribution in [0.3, 0.4) is 0 Å². The molecule has 0 saturated carbocycles.